The second-order valence-electron chi connectivity index (χ2n) is 17.7. The number of nitrogens with zero attached hydrogens (tertiary/aromatic N) is 1. The summed E-state index contributed by atoms with van der Waals surface area (Å²) in [6.07, 6.45) is -6.70. The van der Waals surface area contributed by atoms with Crippen LogP contribution >= 0.6 is 0 Å². The Morgan fingerprint density at radius 3 is 2.11 bits per heavy atom. The number of methoxy groups -OCH3 is 1. The van der Waals surface area contributed by atoms with Gasteiger partial charge in [0.1, 0.15) is 23.9 Å². The first-order valence-electron chi connectivity index (χ1n) is 20.0. The third kappa shape index (κ3) is 10.5. The molecular formula is C40H75NO12. The molecule has 5 N–H and O–H groups in total. The highest BCUT2D eigenvalue weighted by Gasteiger charge is 2.53. The van der Waals surface area contributed by atoms with Crippen molar-refractivity contribution in [2.75, 3.05) is 14.2 Å². The van der Waals surface area contributed by atoms with E-state index in [1.165, 1.54) is 14.0 Å². The minimum Gasteiger partial charge on any atom is -0.459 e. The molecule has 0 amide bonds. The molecule has 1 unspecified atom stereocenters. The highest BCUT2D eigenvalue weighted by molar-refractivity contribution is 5.73. The number of carbonyl (C=O) groups is 1. The average molecular weight is 762 g/mol. The Bertz CT molecular complexity index is 1160. The second kappa shape index (κ2) is 18.5. The fourth-order valence-corrected chi connectivity index (χ4v) is 9.21. The van der Waals surface area contributed by atoms with Gasteiger partial charge in [0.2, 0.25) is 0 Å². The van der Waals surface area contributed by atoms with Gasteiger partial charge in [0.25, 0.3) is 0 Å². The van der Waals surface area contributed by atoms with Crippen molar-refractivity contribution >= 4 is 5.97 Å². The molecule has 3 aliphatic heterocycles. The molecule has 0 aromatic heterocycles. The average Bonchev–Trinajstić information content (AvgIpc) is 3.09. The molecule has 0 spiro atoms. The number of hydrogen-bond acceptors (Lipinski definition) is 13. The number of cyclic esters (lactones) is 1. The van der Waals surface area contributed by atoms with E-state index in [4.69, 9.17) is 28.4 Å². The maximum Gasteiger partial charge on any atom is 0.311 e. The lowest BCUT2D eigenvalue weighted by atomic mass is 9.74. The normalized spacial score (nSPS) is 48.9. The molecule has 53 heavy (non-hydrogen) atoms. The Labute approximate surface area is 319 Å². The van der Waals surface area contributed by atoms with Gasteiger partial charge < -0.3 is 54.0 Å². The second-order valence-corrected chi connectivity index (χ2v) is 17.7. The van der Waals surface area contributed by atoms with Crippen LogP contribution in [-0.4, -0.2) is 141 Å². The summed E-state index contributed by atoms with van der Waals surface area (Å²) in [6, 6.07) is -0.0737. The first-order valence-corrected chi connectivity index (χ1v) is 20.0. The topological polar surface area (TPSA) is 177 Å². The minimum absolute atomic E-state index is 0.140. The minimum atomic E-state index is -1.76. The molecule has 3 rings (SSSR count). The van der Waals surface area contributed by atoms with Gasteiger partial charge in [-0.2, -0.15) is 0 Å². The van der Waals surface area contributed by atoms with Gasteiger partial charge in [0.15, 0.2) is 12.6 Å². The van der Waals surface area contributed by atoms with E-state index >= 15 is 0 Å². The number of aliphatic hydroxyl groups excluding tert-OH is 3. The van der Waals surface area contributed by atoms with Crippen LogP contribution in [0.25, 0.3) is 0 Å². The zero-order chi connectivity index (χ0) is 40.4. The summed E-state index contributed by atoms with van der Waals surface area (Å²) in [5.74, 6) is -2.96. The predicted molar refractivity (Wildman–Crippen MR) is 200 cm³/mol. The summed E-state index contributed by atoms with van der Waals surface area (Å²) in [5.41, 5.74) is -4.33. The first kappa shape index (κ1) is 46.4. The molecule has 3 heterocycles. The highest BCUT2D eigenvalue weighted by atomic mass is 16.7. The van der Waals surface area contributed by atoms with Crippen molar-refractivity contribution in [3.8, 4) is 0 Å². The van der Waals surface area contributed by atoms with Crippen molar-refractivity contribution in [1.29, 1.82) is 0 Å². The van der Waals surface area contributed by atoms with E-state index in [-0.39, 0.29) is 43.4 Å². The SMILES string of the molecule is CCC(C)N(C)[C@H]1C[C@@H](C)O[C@@H](O[C@@H]2[C@@H](C)[C@H](O[C@H]3C[C@@](C)(OC)[C@@H](O)[C@H](C)O3)[C@@H](C)C(=O)O[C@H](CC)[C@@](C)(O)[C@H](O)[C@@H](C)C[C@H](C)C[C@]2(C)O)[C@@H]1O. The highest BCUT2D eigenvalue weighted by Crippen LogP contribution is 2.41. The molecule has 0 bridgehead atoms. The fraction of sp³-hybridized carbons (Fsp3) is 0.975. The lowest BCUT2D eigenvalue weighted by molar-refractivity contribution is -0.318. The Balaban J connectivity index is 2.15. The number of rotatable bonds is 9. The fourth-order valence-electron chi connectivity index (χ4n) is 9.21. The van der Waals surface area contributed by atoms with Crippen molar-refractivity contribution in [1.82, 2.24) is 4.90 Å². The number of aliphatic hydroxyl groups is 5. The first-order chi connectivity index (χ1) is 24.4. The van der Waals surface area contributed by atoms with Crippen molar-refractivity contribution in [2.45, 2.75) is 212 Å². The molecule has 13 nitrogen and oxygen atoms in total. The third-order valence-corrected chi connectivity index (χ3v) is 12.9. The van der Waals surface area contributed by atoms with E-state index in [2.05, 4.69) is 18.7 Å². The lowest BCUT2D eigenvalue weighted by Crippen LogP contribution is -2.61. The Morgan fingerprint density at radius 2 is 1.55 bits per heavy atom. The van der Waals surface area contributed by atoms with Gasteiger partial charge in [-0.05, 0) is 99.5 Å². The molecular weight excluding hydrogens is 686 g/mol. The molecule has 0 aromatic carbocycles. The van der Waals surface area contributed by atoms with Gasteiger partial charge in [-0.1, -0.05) is 34.6 Å². The monoisotopic (exact) mass is 762 g/mol. The maximum atomic E-state index is 14.2. The predicted octanol–water partition coefficient (Wildman–Crippen LogP) is 3.78. The number of carbonyl (C=O) groups excluding carboxylic acids is 1. The van der Waals surface area contributed by atoms with E-state index in [9.17, 15) is 30.3 Å². The van der Waals surface area contributed by atoms with Crippen LogP contribution in [0.2, 0.25) is 0 Å². The molecule has 312 valence electrons. The van der Waals surface area contributed by atoms with Gasteiger partial charge in [-0.3, -0.25) is 9.69 Å². The van der Waals surface area contributed by atoms with Crippen LogP contribution in [0.15, 0.2) is 0 Å². The van der Waals surface area contributed by atoms with Gasteiger partial charge in [-0.15, -0.1) is 0 Å². The summed E-state index contributed by atoms with van der Waals surface area (Å²) in [6.45, 7) is 21.9. The van der Waals surface area contributed by atoms with E-state index in [1.807, 2.05) is 34.7 Å². The van der Waals surface area contributed by atoms with Crippen LogP contribution in [0.5, 0.6) is 0 Å². The van der Waals surface area contributed by atoms with Crippen LogP contribution in [0.3, 0.4) is 0 Å². The molecule has 0 radical (unpaired) electrons. The number of ether oxygens (including phenoxy) is 6. The number of esters is 1. The van der Waals surface area contributed by atoms with Gasteiger partial charge in [0.05, 0.1) is 47.6 Å². The zero-order valence-corrected chi connectivity index (χ0v) is 35.0. The summed E-state index contributed by atoms with van der Waals surface area (Å²) in [7, 11) is 3.50. The summed E-state index contributed by atoms with van der Waals surface area (Å²) >= 11 is 0. The van der Waals surface area contributed by atoms with Gasteiger partial charge >= 0.3 is 5.97 Å². The van der Waals surface area contributed by atoms with Crippen molar-refractivity contribution in [2.24, 2.45) is 23.7 Å². The standard InChI is InChI=1S/C40H75NO12/c1-15-23(5)41(13)28-18-24(6)49-37(31(28)42)53-35-25(7)32(52-30-20-39(11,48-14)34(44)27(9)50-30)26(8)36(45)51-29(16-2)40(12,47)33(43)22(4)17-21(3)19-38(35,10)46/h21-35,37,42-44,46-47H,15-20H2,1-14H3/t21-,22-,23?,24+,25-,26+,27-,28-,29+,30-,31+,32-,33+,34-,35+,37-,38-,39+,40+/m0/s1. The molecule has 3 fully saturated rings. The largest absolute Gasteiger partial charge is 0.459 e. The Hall–Kier alpha value is -0.970. The van der Waals surface area contributed by atoms with Crippen LogP contribution in [0.4, 0.5) is 0 Å². The van der Waals surface area contributed by atoms with Crippen molar-refractivity contribution in [3.05, 3.63) is 0 Å². The summed E-state index contributed by atoms with van der Waals surface area (Å²) in [5, 5.41) is 58.4. The third-order valence-electron chi connectivity index (χ3n) is 12.9. The molecule has 0 aromatic rings. The van der Waals surface area contributed by atoms with Gasteiger partial charge in [0, 0.05) is 31.5 Å². The van der Waals surface area contributed by atoms with Crippen LogP contribution in [0, 0.1) is 23.7 Å². The van der Waals surface area contributed by atoms with Crippen LogP contribution in [0.1, 0.15) is 122 Å². The molecule has 19 atom stereocenters. The van der Waals surface area contributed by atoms with Crippen molar-refractivity contribution in [3.63, 3.8) is 0 Å². The van der Waals surface area contributed by atoms with Crippen LogP contribution in [-0.2, 0) is 33.2 Å². The maximum absolute atomic E-state index is 14.2. The Kier molecular flexibility index (Phi) is 16.2. The molecule has 0 aliphatic carbocycles. The molecule has 0 saturated carbocycles. The lowest BCUT2D eigenvalue weighted by Gasteiger charge is -2.49. The van der Waals surface area contributed by atoms with Gasteiger partial charge in [-0.25, -0.2) is 0 Å². The molecule has 13 heteroatoms. The molecule has 3 aliphatic rings. The summed E-state index contributed by atoms with van der Waals surface area (Å²) in [4.78, 5) is 16.3. The quantitative estimate of drug-likeness (QED) is 0.215. The Morgan fingerprint density at radius 1 is 0.925 bits per heavy atom. The van der Waals surface area contributed by atoms with E-state index in [0.717, 1.165) is 6.42 Å². The molecule has 3 saturated heterocycles. The van der Waals surface area contributed by atoms with E-state index in [1.54, 1.807) is 34.6 Å². The zero-order valence-electron chi connectivity index (χ0n) is 35.0. The van der Waals surface area contributed by atoms with E-state index in [0.29, 0.717) is 12.8 Å². The van der Waals surface area contributed by atoms with E-state index < -0.39 is 95.8 Å². The number of hydrogen-bond donors (Lipinski definition) is 5. The number of likely N-dealkylation sites (N-methyl/N-ethyl adjacent to an activating group) is 1. The summed E-state index contributed by atoms with van der Waals surface area (Å²) < 4.78 is 37.7. The van der Waals surface area contributed by atoms with Crippen molar-refractivity contribution < 1.29 is 58.7 Å². The van der Waals surface area contributed by atoms with Crippen LogP contribution < -0.4 is 0 Å². The smallest absolute Gasteiger partial charge is 0.311 e.